The van der Waals surface area contributed by atoms with Crippen LogP contribution < -0.4 is 5.32 Å². The number of nitrogens with one attached hydrogen (secondary N) is 1. The molecule has 110 valence electrons. The fourth-order valence-corrected chi connectivity index (χ4v) is 1.71. The summed E-state index contributed by atoms with van der Waals surface area (Å²) in [5.74, 6) is 0.197. The summed E-state index contributed by atoms with van der Waals surface area (Å²) in [5, 5.41) is 2.53. The SMILES string of the molecule is Cc1oc(-c2ccccc2)nc1C(=O)NCC(=O)N(C)C. The first-order chi connectivity index (χ1) is 9.99. The number of hydrogen-bond donors (Lipinski definition) is 1. The minimum Gasteiger partial charge on any atom is -0.441 e. The molecular formula is C15H17N3O3. The lowest BCUT2D eigenvalue weighted by Crippen LogP contribution is -2.36. The van der Waals surface area contributed by atoms with Crippen molar-refractivity contribution in [1.82, 2.24) is 15.2 Å². The van der Waals surface area contributed by atoms with E-state index in [0.29, 0.717) is 11.7 Å². The number of aryl methyl sites for hydroxylation is 1. The molecule has 0 aliphatic heterocycles. The molecule has 6 heteroatoms. The molecule has 0 spiro atoms. The zero-order valence-electron chi connectivity index (χ0n) is 12.2. The number of carbonyl (C=O) groups excluding carboxylic acids is 2. The van der Waals surface area contributed by atoms with Gasteiger partial charge in [0.2, 0.25) is 11.8 Å². The molecule has 0 radical (unpaired) electrons. The predicted octanol–water partition coefficient (Wildman–Crippen LogP) is 1.47. The molecule has 0 saturated heterocycles. The van der Waals surface area contributed by atoms with E-state index in [-0.39, 0.29) is 18.1 Å². The maximum Gasteiger partial charge on any atom is 0.273 e. The van der Waals surface area contributed by atoms with Crippen molar-refractivity contribution in [3.8, 4) is 11.5 Å². The second kappa shape index (κ2) is 6.21. The van der Waals surface area contributed by atoms with E-state index in [1.165, 1.54) is 4.90 Å². The van der Waals surface area contributed by atoms with E-state index in [2.05, 4.69) is 10.3 Å². The van der Waals surface area contributed by atoms with Gasteiger partial charge in [0, 0.05) is 19.7 Å². The maximum atomic E-state index is 12.0. The average molecular weight is 287 g/mol. The summed E-state index contributed by atoms with van der Waals surface area (Å²) in [4.78, 5) is 29.1. The Morgan fingerprint density at radius 3 is 2.52 bits per heavy atom. The van der Waals surface area contributed by atoms with Gasteiger partial charge in [-0.3, -0.25) is 9.59 Å². The second-order valence-corrected chi connectivity index (χ2v) is 4.76. The Bertz CT molecular complexity index is 647. The van der Waals surface area contributed by atoms with E-state index < -0.39 is 5.91 Å². The standard InChI is InChI=1S/C15H17N3O3/c1-10-13(14(20)16-9-12(19)18(2)3)17-15(21-10)11-7-5-4-6-8-11/h4-8H,9H2,1-3H3,(H,16,20). The molecule has 0 bridgehead atoms. The smallest absolute Gasteiger partial charge is 0.273 e. The zero-order valence-corrected chi connectivity index (χ0v) is 12.2. The number of rotatable bonds is 4. The van der Waals surface area contributed by atoms with Crippen LogP contribution in [0.1, 0.15) is 16.2 Å². The highest BCUT2D eigenvalue weighted by molar-refractivity contribution is 5.95. The van der Waals surface area contributed by atoms with Gasteiger partial charge >= 0.3 is 0 Å². The lowest BCUT2D eigenvalue weighted by Gasteiger charge is -2.10. The molecule has 2 aromatic rings. The molecule has 0 fully saturated rings. The van der Waals surface area contributed by atoms with E-state index in [1.54, 1.807) is 21.0 Å². The van der Waals surface area contributed by atoms with E-state index >= 15 is 0 Å². The average Bonchev–Trinajstić information content (AvgIpc) is 2.87. The Labute approximate surface area is 122 Å². The Hall–Kier alpha value is -2.63. The fraction of sp³-hybridized carbons (Fsp3) is 0.267. The van der Waals surface area contributed by atoms with E-state index in [9.17, 15) is 9.59 Å². The van der Waals surface area contributed by atoms with Gasteiger partial charge in [-0.25, -0.2) is 4.98 Å². The predicted molar refractivity (Wildman–Crippen MR) is 77.7 cm³/mol. The second-order valence-electron chi connectivity index (χ2n) is 4.76. The Balaban J connectivity index is 2.12. The first kappa shape index (κ1) is 14.8. The minimum atomic E-state index is -0.423. The minimum absolute atomic E-state index is 0.0706. The molecule has 2 amide bonds. The third-order valence-electron chi connectivity index (χ3n) is 2.93. The van der Waals surface area contributed by atoms with Crippen LogP contribution in [0.3, 0.4) is 0 Å². The molecule has 1 heterocycles. The van der Waals surface area contributed by atoms with Crippen molar-refractivity contribution >= 4 is 11.8 Å². The van der Waals surface area contributed by atoms with E-state index in [0.717, 1.165) is 5.56 Å². The first-order valence-corrected chi connectivity index (χ1v) is 6.50. The first-order valence-electron chi connectivity index (χ1n) is 6.50. The third-order valence-corrected chi connectivity index (χ3v) is 2.93. The number of nitrogens with zero attached hydrogens (tertiary/aromatic N) is 2. The van der Waals surface area contributed by atoms with Crippen LogP contribution in [0.4, 0.5) is 0 Å². The van der Waals surface area contributed by atoms with Crippen LogP contribution in [-0.4, -0.2) is 42.3 Å². The molecular weight excluding hydrogens is 270 g/mol. The topological polar surface area (TPSA) is 75.4 Å². The number of likely N-dealkylation sites (N-methyl/N-ethyl adjacent to an activating group) is 1. The van der Waals surface area contributed by atoms with Crippen molar-refractivity contribution in [2.45, 2.75) is 6.92 Å². The zero-order chi connectivity index (χ0) is 15.4. The van der Waals surface area contributed by atoms with Gasteiger partial charge in [-0.05, 0) is 19.1 Å². The monoisotopic (exact) mass is 287 g/mol. The summed E-state index contributed by atoms with van der Waals surface area (Å²) in [6.07, 6.45) is 0. The molecule has 0 saturated carbocycles. The van der Waals surface area contributed by atoms with E-state index in [4.69, 9.17) is 4.42 Å². The number of hydrogen-bond acceptors (Lipinski definition) is 4. The molecule has 21 heavy (non-hydrogen) atoms. The molecule has 1 N–H and O–H groups in total. The summed E-state index contributed by atoms with van der Waals surface area (Å²) in [6.45, 7) is 1.60. The van der Waals surface area contributed by atoms with Gasteiger partial charge in [0.15, 0.2) is 5.69 Å². The van der Waals surface area contributed by atoms with Gasteiger partial charge in [-0.1, -0.05) is 18.2 Å². The number of aromatic nitrogens is 1. The van der Waals surface area contributed by atoms with Gasteiger partial charge in [0.1, 0.15) is 5.76 Å². The summed E-state index contributed by atoms with van der Waals surface area (Å²) < 4.78 is 5.51. The fourth-order valence-electron chi connectivity index (χ4n) is 1.71. The van der Waals surface area contributed by atoms with Gasteiger partial charge in [0.25, 0.3) is 5.91 Å². The summed E-state index contributed by atoms with van der Waals surface area (Å²) in [6, 6.07) is 9.32. The molecule has 6 nitrogen and oxygen atoms in total. The third kappa shape index (κ3) is 3.47. The lowest BCUT2D eigenvalue weighted by molar-refractivity contribution is -0.127. The van der Waals surface area contributed by atoms with Crippen LogP contribution in [-0.2, 0) is 4.79 Å². The van der Waals surface area contributed by atoms with Crippen LogP contribution in [0, 0.1) is 6.92 Å². The largest absolute Gasteiger partial charge is 0.441 e. The molecule has 0 atom stereocenters. The Morgan fingerprint density at radius 1 is 1.24 bits per heavy atom. The lowest BCUT2D eigenvalue weighted by atomic mass is 10.2. The highest BCUT2D eigenvalue weighted by Crippen LogP contribution is 2.21. The number of carbonyl (C=O) groups is 2. The van der Waals surface area contributed by atoms with Gasteiger partial charge in [0.05, 0.1) is 6.54 Å². The van der Waals surface area contributed by atoms with Gasteiger partial charge < -0.3 is 14.6 Å². The van der Waals surface area contributed by atoms with Crippen LogP contribution >= 0.6 is 0 Å². The highest BCUT2D eigenvalue weighted by atomic mass is 16.4. The van der Waals surface area contributed by atoms with Crippen LogP contribution in [0.5, 0.6) is 0 Å². The van der Waals surface area contributed by atoms with Crippen molar-refractivity contribution in [1.29, 1.82) is 0 Å². The maximum absolute atomic E-state index is 12.0. The van der Waals surface area contributed by atoms with Crippen LogP contribution in [0.25, 0.3) is 11.5 Å². The number of oxazole rings is 1. The highest BCUT2D eigenvalue weighted by Gasteiger charge is 2.18. The quantitative estimate of drug-likeness (QED) is 0.924. The number of benzene rings is 1. The van der Waals surface area contributed by atoms with Crippen molar-refractivity contribution in [3.63, 3.8) is 0 Å². The molecule has 0 unspecified atom stereocenters. The van der Waals surface area contributed by atoms with Crippen molar-refractivity contribution < 1.29 is 14.0 Å². The van der Waals surface area contributed by atoms with Crippen molar-refractivity contribution in [3.05, 3.63) is 41.8 Å². The normalized spacial score (nSPS) is 10.2. The van der Waals surface area contributed by atoms with Gasteiger partial charge in [-0.2, -0.15) is 0 Å². The van der Waals surface area contributed by atoms with Crippen LogP contribution in [0.2, 0.25) is 0 Å². The summed E-state index contributed by atoms with van der Waals surface area (Å²) in [5.41, 5.74) is 0.990. The Morgan fingerprint density at radius 2 is 1.90 bits per heavy atom. The summed E-state index contributed by atoms with van der Waals surface area (Å²) >= 11 is 0. The Kier molecular flexibility index (Phi) is 4.37. The molecule has 2 rings (SSSR count). The van der Waals surface area contributed by atoms with Crippen molar-refractivity contribution in [2.75, 3.05) is 20.6 Å². The van der Waals surface area contributed by atoms with Crippen LogP contribution in [0.15, 0.2) is 34.7 Å². The molecule has 1 aromatic carbocycles. The van der Waals surface area contributed by atoms with Crippen molar-refractivity contribution in [2.24, 2.45) is 0 Å². The molecule has 0 aliphatic rings. The summed E-state index contributed by atoms with van der Waals surface area (Å²) in [7, 11) is 3.26. The molecule has 1 aromatic heterocycles. The molecule has 0 aliphatic carbocycles. The number of amides is 2. The van der Waals surface area contributed by atoms with Gasteiger partial charge in [-0.15, -0.1) is 0 Å². The van der Waals surface area contributed by atoms with E-state index in [1.807, 2.05) is 30.3 Å².